The molecule has 0 N–H and O–H groups in total. The first-order valence-electron chi connectivity index (χ1n) is 11.9. The highest BCUT2D eigenvalue weighted by Crippen LogP contribution is 2.30. The third-order valence-electron chi connectivity index (χ3n) is 6.51. The molecule has 3 amide bonds. The number of anilines is 1. The fraction of sp³-hybridized carbons (Fsp3) is 0.167. The van der Waals surface area contributed by atoms with Gasteiger partial charge in [0.15, 0.2) is 0 Å². The molecule has 1 aliphatic heterocycles. The molecule has 4 aromatic carbocycles. The van der Waals surface area contributed by atoms with Crippen LogP contribution in [-0.4, -0.2) is 42.8 Å². The molecule has 0 spiro atoms. The second-order valence-corrected chi connectivity index (χ2v) is 8.85. The van der Waals surface area contributed by atoms with Crippen LogP contribution in [0.25, 0.3) is 10.8 Å². The predicted molar refractivity (Wildman–Crippen MR) is 140 cm³/mol. The molecular weight excluding hydrogens is 452 g/mol. The molecule has 0 aliphatic carbocycles. The minimum Gasteiger partial charge on any atom is -0.497 e. The van der Waals surface area contributed by atoms with Gasteiger partial charge in [-0.05, 0) is 67.3 Å². The van der Waals surface area contributed by atoms with Crippen LogP contribution in [0.3, 0.4) is 0 Å². The van der Waals surface area contributed by atoms with Gasteiger partial charge in [0.25, 0.3) is 17.7 Å². The predicted octanol–water partition coefficient (Wildman–Crippen LogP) is 5.49. The Bertz CT molecular complexity index is 1430. The van der Waals surface area contributed by atoms with Crippen LogP contribution in [0, 0.1) is 6.92 Å². The number of carbonyl (C=O) groups excluding carboxylic acids is 3. The molecular formula is C30H26N2O4. The van der Waals surface area contributed by atoms with Crippen LogP contribution >= 0.6 is 0 Å². The van der Waals surface area contributed by atoms with Gasteiger partial charge in [-0.1, -0.05) is 42.0 Å². The zero-order valence-electron chi connectivity index (χ0n) is 20.2. The summed E-state index contributed by atoms with van der Waals surface area (Å²) in [4.78, 5) is 42.9. The summed E-state index contributed by atoms with van der Waals surface area (Å²) in [6.07, 6.45) is 0.430. The summed E-state index contributed by atoms with van der Waals surface area (Å²) in [5.41, 5.74) is 3.36. The molecule has 0 saturated carbocycles. The van der Waals surface area contributed by atoms with E-state index in [9.17, 15) is 14.4 Å². The maximum atomic E-state index is 13.5. The molecule has 0 bridgehead atoms. The van der Waals surface area contributed by atoms with Gasteiger partial charge in [-0.3, -0.25) is 19.3 Å². The van der Waals surface area contributed by atoms with Gasteiger partial charge >= 0.3 is 0 Å². The molecule has 1 aliphatic rings. The first-order valence-corrected chi connectivity index (χ1v) is 11.9. The van der Waals surface area contributed by atoms with E-state index in [-0.39, 0.29) is 24.3 Å². The van der Waals surface area contributed by atoms with E-state index >= 15 is 0 Å². The summed E-state index contributed by atoms with van der Waals surface area (Å²) in [6, 6.07) is 25.7. The number of hydrogen-bond donors (Lipinski definition) is 0. The highest BCUT2D eigenvalue weighted by Gasteiger charge is 2.32. The van der Waals surface area contributed by atoms with Crippen molar-refractivity contribution in [2.75, 3.05) is 25.1 Å². The van der Waals surface area contributed by atoms with E-state index in [1.165, 1.54) is 4.90 Å². The molecule has 0 fully saturated rings. The maximum Gasteiger partial charge on any atom is 0.261 e. The van der Waals surface area contributed by atoms with Gasteiger partial charge in [0.1, 0.15) is 5.75 Å². The molecule has 180 valence electrons. The van der Waals surface area contributed by atoms with E-state index in [0.717, 1.165) is 10.9 Å². The lowest BCUT2D eigenvalue weighted by Gasteiger charge is -2.29. The molecule has 0 atom stereocenters. The van der Waals surface area contributed by atoms with Crippen molar-refractivity contribution in [3.63, 3.8) is 0 Å². The van der Waals surface area contributed by atoms with Gasteiger partial charge < -0.3 is 9.64 Å². The van der Waals surface area contributed by atoms with Crippen LogP contribution in [0.2, 0.25) is 0 Å². The zero-order chi connectivity index (χ0) is 25.2. The Morgan fingerprint density at radius 3 is 2.11 bits per heavy atom. The number of ether oxygens (including phenoxy) is 1. The van der Waals surface area contributed by atoms with Gasteiger partial charge in [0.05, 0.1) is 7.11 Å². The van der Waals surface area contributed by atoms with Gasteiger partial charge in [0, 0.05) is 40.9 Å². The SMILES string of the molecule is COc1ccc(N(CCCN2C(=O)c3cccc4cccc(c34)C2=O)C(=O)c2cccc(C)c2)cc1. The van der Waals surface area contributed by atoms with Crippen molar-refractivity contribution >= 4 is 34.2 Å². The third-order valence-corrected chi connectivity index (χ3v) is 6.51. The lowest BCUT2D eigenvalue weighted by Crippen LogP contribution is -2.42. The van der Waals surface area contributed by atoms with Crippen molar-refractivity contribution in [3.8, 4) is 5.75 Å². The summed E-state index contributed by atoms with van der Waals surface area (Å²) in [6.45, 7) is 2.48. The van der Waals surface area contributed by atoms with Gasteiger partial charge in [0.2, 0.25) is 0 Å². The number of benzene rings is 4. The number of imide groups is 1. The number of nitrogens with zero attached hydrogens (tertiary/aromatic N) is 2. The standard InChI is InChI=1S/C30H26N2O4/c1-20-7-3-10-22(19-20)28(33)31(23-13-15-24(36-2)16-14-23)17-6-18-32-29(34)25-11-4-8-21-9-5-12-26(27(21)25)30(32)35/h3-5,7-16,19H,6,17-18H2,1-2H3. The van der Waals surface area contributed by atoms with Crippen molar-refractivity contribution in [2.24, 2.45) is 0 Å². The Labute approximate surface area is 209 Å². The molecule has 6 heteroatoms. The normalized spacial score (nSPS) is 12.7. The van der Waals surface area contributed by atoms with Crippen molar-refractivity contribution in [1.29, 1.82) is 0 Å². The van der Waals surface area contributed by atoms with E-state index in [4.69, 9.17) is 4.74 Å². The molecule has 5 rings (SSSR count). The quantitative estimate of drug-likeness (QED) is 0.330. The largest absolute Gasteiger partial charge is 0.497 e. The minimum atomic E-state index is -0.301. The number of aryl methyl sites for hydroxylation is 1. The second kappa shape index (κ2) is 9.66. The Balaban J connectivity index is 1.39. The van der Waals surface area contributed by atoms with Crippen LogP contribution in [0.4, 0.5) is 5.69 Å². The summed E-state index contributed by atoms with van der Waals surface area (Å²) in [7, 11) is 1.59. The van der Waals surface area contributed by atoms with Crippen LogP contribution in [0.5, 0.6) is 5.75 Å². The maximum absolute atomic E-state index is 13.5. The van der Waals surface area contributed by atoms with E-state index in [1.807, 2.05) is 61.5 Å². The van der Waals surface area contributed by atoms with E-state index in [0.29, 0.717) is 46.5 Å². The van der Waals surface area contributed by atoms with Gasteiger partial charge in [-0.2, -0.15) is 0 Å². The third kappa shape index (κ3) is 4.22. The monoisotopic (exact) mass is 478 g/mol. The van der Waals surface area contributed by atoms with Crippen molar-refractivity contribution in [1.82, 2.24) is 4.90 Å². The van der Waals surface area contributed by atoms with Gasteiger partial charge in [-0.15, -0.1) is 0 Å². The summed E-state index contributed by atoms with van der Waals surface area (Å²) < 4.78 is 5.26. The van der Waals surface area contributed by atoms with Crippen LogP contribution in [-0.2, 0) is 0 Å². The van der Waals surface area contributed by atoms with Crippen LogP contribution in [0.15, 0.2) is 84.9 Å². The molecule has 4 aromatic rings. The average molecular weight is 479 g/mol. The van der Waals surface area contributed by atoms with E-state index < -0.39 is 0 Å². The Morgan fingerprint density at radius 1 is 0.861 bits per heavy atom. The molecule has 0 aromatic heterocycles. The topological polar surface area (TPSA) is 66.9 Å². The molecule has 0 radical (unpaired) electrons. The van der Waals surface area contributed by atoms with E-state index in [1.54, 1.807) is 42.3 Å². The molecule has 0 unspecified atom stereocenters. The van der Waals surface area contributed by atoms with Crippen LogP contribution in [0.1, 0.15) is 43.1 Å². The number of carbonyl (C=O) groups is 3. The Hall–Kier alpha value is -4.45. The number of rotatable bonds is 7. The molecule has 36 heavy (non-hydrogen) atoms. The fourth-order valence-electron chi connectivity index (χ4n) is 4.71. The number of methoxy groups -OCH3 is 1. The molecule has 1 heterocycles. The van der Waals surface area contributed by atoms with Gasteiger partial charge in [-0.25, -0.2) is 0 Å². The lowest BCUT2D eigenvalue weighted by molar-refractivity contribution is 0.0610. The van der Waals surface area contributed by atoms with Crippen molar-refractivity contribution < 1.29 is 19.1 Å². The summed E-state index contributed by atoms with van der Waals surface area (Å²) in [5.74, 6) is -0.0510. The molecule has 6 nitrogen and oxygen atoms in total. The lowest BCUT2D eigenvalue weighted by atomic mass is 9.94. The zero-order valence-corrected chi connectivity index (χ0v) is 20.2. The average Bonchev–Trinajstić information content (AvgIpc) is 2.91. The van der Waals surface area contributed by atoms with Crippen molar-refractivity contribution in [3.05, 3.63) is 107 Å². The minimum absolute atomic E-state index is 0.143. The first-order chi connectivity index (χ1) is 17.5. The smallest absolute Gasteiger partial charge is 0.261 e. The number of amides is 3. The Kier molecular flexibility index (Phi) is 6.25. The molecule has 0 saturated heterocycles. The first kappa shape index (κ1) is 23.3. The van der Waals surface area contributed by atoms with E-state index in [2.05, 4.69) is 0 Å². The number of hydrogen-bond acceptors (Lipinski definition) is 4. The van der Waals surface area contributed by atoms with Crippen LogP contribution < -0.4 is 9.64 Å². The summed E-state index contributed by atoms with van der Waals surface area (Å²) >= 11 is 0. The Morgan fingerprint density at radius 2 is 1.50 bits per heavy atom. The summed E-state index contributed by atoms with van der Waals surface area (Å²) in [5, 5.41) is 1.58. The van der Waals surface area contributed by atoms with Crippen molar-refractivity contribution in [2.45, 2.75) is 13.3 Å². The highest BCUT2D eigenvalue weighted by atomic mass is 16.5. The fourth-order valence-corrected chi connectivity index (χ4v) is 4.71. The second-order valence-electron chi connectivity index (χ2n) is 8.85. The highest BCUT2D eigenvalue weighted by molar-refractivity contribution is 6.25.